The topological polar surface area (TPSA) is 146 Å². The molecule has 1 atom stereocenters. The van der Waals surface area contributed by atoms with E-state index < -0.39 is 48.2 Å². The molecule has 0 aromatic heterocycles. The number of primary amides is 1. The lowest BCUT2D eigenvalue weighted by atomic mass is 9.95. The molecule has 3 amide bonds. The van der Waals surface area contributed by atoms with E-state index in [4.69, 9.17) is 15.2 Å². The normalized spacial score (nSPS) is 13.2. The van der Waals surface area contributed by atoms with Crippen LogP contribution in [0.2, 0.25) is 0 Å². The molecule has 0 spiro atoms. The van der Waals surface area contributed by atoms with Gasteiger partial charge in [-0.15, -0.1) is 0 Å². The van der Waals surface area contributed by atoms with Crippen LogP contribution in [0.3, 0.4) is 0 Å². The average molecular weight is 347 g/mol. The molecule has 0 saturated heterocycles. The van der Waals surface area contributed by atoms with Gasteiger partial charge in [0.05, 0.1) is 26.7 Å². The van der Waals surface area contributed by atoms with E-state index in [1.54, 1.807) is 27.7 Å². The molecule has 0 heterocycles. The number of rotatable bonds is 7. The largest absolute Gasteiger partial charge is 0.467 e. The van der Waals surface area contributed by atoms with Gasteiger partial charge in [-0.2, -0.15) is 0 Å². The van der Waals surface area contributed by atoms with Crippen molar-refractivity contribution in [2.45, 2.75) is 45.3 Å². The SMILES string of the molecule is CCOC(=O)C[C@@](CNC(=O)OC(C)(C)C)(NC(N)=O)C(=O)OC. The second kappa shape index (κ2) is 8.94. The maximum atomic E-state index is 12.1. The van der Waals surface area contributed by atoms with Crippen molar-refractivity contribution >= 4 is 24.1 Å². The van der Waals surface area contributed by atoms with Gasteiger partial charge in [-0.1, -0.05) is 0 Å². The highest BCUT2D eigenvalue weighted by molar-refractivity contribution is 5.92. The van der Waals surface area contributed by atoms with Crippen LogP contribution in [0.15, 0.2) is 0 Å². The van der Waals surface area contributed by atoms with Crippen LogP contribution < -0.4 is 16.4 Å². The minimum atomic E-state index is -1.91. The number of esters is 2. The molecule has 10 heteroatoms. The fourth-order valence-electron chi connectivity index (χ4n) is 1.77. The van der Waals surface area contributed by atoms with Crippen LogP contribution in [-0.4, -0.2) is 55.5 Å². The lowest BCUT2D eigenvalue weighted by molar-refractivity contribution is -0.155. The number of carbonyl (C=O) groups excluding carboxylic acids is 4. The molecule has 0 bridgehead atoms. The third-order valence-corrected chi connectivity index (χ3v) is 2.62. The van der Waals surface area contributed by atoms with Crippen molar-refractivity contribution in [3.8, 4) is 0 Å². The van der Waals surface area contributed by atoms with E-state index in [1.165, 1.54) is 0 Å². The predicted molar refractivity (Wildman–Crippen MR) is 83.0 cm³/mol. The molecular weight excluding hydrogens is 322 g/mol. The summed E-state index contributed by atoms with van der Waals surface area (Å²) in [6, 6.07) is -1.07. The zero-order valence-corrected chi connectivity index (χ0v) is 14.6. The van der Waals surface area contributed by atoms with Gasteiger partial charge in [0.15, 0.2) is 5.54 Å². The maximum absolute atomic E-state index is 12.1. The van der Waals surface area contributed by atoms with Crippen LogP contribution >= 0.6 is 0 Å². The molecule has 4 N–H and O–H groups in total. The summed E-state index contributed by atoms with van der Waals surface area (Å²) in [5.41, 5.74) is 2.39. The van der Waals surface area contributed by atoms with Gasteiger partial charge >= 0.3 is 24.1 Å². The van der Waals surface area contributed by atoms with Crippen LogP contribution in [0.1, 0.15) is 34.1 Å². The van der Waals surface area contributed by atoms with Gasteiger partial charge in [-0.05, 0) is 27.7 Å². The summed E-state index contributed by atoms with van der Waals surface area (Å²) in [6.07, 6.45) is -1.42. The third kappa shape index (κ3) is 7.65. The molecule has 0 radical (unpaired) electrons. The first-order valence-electron chi connectivity index (χ1n) is 7.24. The van der Waals surface area contributed by atoms with Gasteiger partial charge in [0.25, 0.3) is 0 Å². The fraction of sp³-hybridized carbons (Fsp3) is 0.714. The second-order valence-corrected chi connectivity index (χ2v) is 5.90. The van der Waals surface area contributed by atoms with E-state index in [0.29, 0.717) is 0 Å². The number of amides is 3. The Morgan fingerprint density at radius 2 is 1.71 bits per heavy atom. The second-order valence-electron chi connectivity index (χ2n) is 5.90. The summed E-state index contributed by atoms with van der Waals surface area (Å²) in [5.74, 6) is -1.74. The number of ether oxygens (including phenoxy) is 3. The molecule has 0 aromatic rings. The highest BCUT2D eigenvalue weighted by Gasteiger charge is 2.44. The van der Waals surface area contributed by atoms with Gasteiger partial charge in [-0.3, -0.25) is 4.79 Å². The van der Waals surface area contributed by atoms with Gasteiger partial charge < -0.3 is 30.6 Å². The lowest BCUT2D eigenvalue weighted by Crippen LogP contribution is -2.63. The summed E-state index contributed by atoms with van der Waals surface area (Å²) < 4.78 is 14.4. The van der Waals surface area contributed by atoms with Crippen molar-refractivity contribution < 1.29 is 33.4 Å². The lowest BCUT2D eigenvalue weighted by Gasteiger charge is -2.31. The van der Waals surface area contributed by atoms with Crippen LogP contribution in [-0.2, 0) is 23.8 Å². The van der Waals surface area contributed by atoms with E-state index in [2.05, 4.69) is 15.4 Å². The molecule has 0 saturated carbocycles. The average Bonchev–Trinajstić information content (AvgIpc) is 2.41. The fourth-order valence-corrected chi connectivity index (χ4v) is 1.77. The van der Waals surface area contributed by atoms with E-state index >= 15 is 0 Å². The molecule has 0 aromatic carbocycles. The third-order valence-electron chi connectivity index (χ3n) is 2.62. The Labute approximate surface area is 140 Å². The zero-order chi connectivity index (χ0) is 19.0. The molecule has 24 heavy (non-hydrogen) atoms. The predicted octanol–water partition coefficient (Wildman–Crippen LogP) is 0.0444. The quantitative estimate of drug-likeness (QED) is 0.435. The number of carbonyl (C=O) groups is 4. The van der Waals surface area contributed by atoms with Crippen molar-refractivity contribution in [3.05, 3.63) is 0 Å². The Morgan fingerprint density at radius 3 is 2.12 bits per heavy atom. The van der Waals surface area contributed by atoms with Crippen molar-refractivity contribution in [2.75, 3.05) is 20.3 Å². The Kier molecular flexibility index (Phi) is 8.00. The number of hydrogen-bond donors (Lipinski definition) is 3. The minimum Gasteiger partial charge on any atom is -0.467 e. The molecule has 0 fully saturated rings. The monoisotopic (exact) mass is 347 g/mol. The van der Waals surface area contributed by atoms with Crippen molar-refractivity contribution in [3.63, 3.8) is 0 Å². The van der Waals surface area contributed by atoms with Crippen LogP contribution in [0, 0.1) is 0 Å². The van der Waals surface area contributed by atoms with Gasteiger partial charge in [0.2, 0.25) is 0 Å². The van der Waals surface area contributed by atoms with Crippen molar-refractivity contribution in [1.29, 1.82) is 0 Å². The summed E-state index contributed by atoms with van der Waals surface area (Å²) in [4.78, 5) is 46.9. The number of methoxy groups -OCH3 is 1. The van der Waals surface area contributed by atoms with Crippen LogP contribution in [0.25, 0.3) is 0 Å². The van der Waals surface area contributed by atoms with E-state index in [-0.39, 0.29) is 6.61 Å². The van der Waals surface area contributed by atoms with Gasteiger partial charge in [0, 0.05) is 0 Å². The summed E-state index contributed by atoms with van der Waals surface area (Å²) in [6.45, 7) is 6.14. The maximum Gasteiger partial charge on any atom is 0.407 e. The Morgan fingerprint density at radius 1 is 1.12 bits per heavy atom. The van der Waals surface area contributed by atoms with Gasteiger partial charge in [-0.25, -0.2) is 14.4 Å². The molecule has 0 rings (SSSR count). The molecule has 0 aliphatic carbocycles. The summed E-state index contributed by atoms with van der Waals surface area (Å²) >= 11 is 0. The molecule has 138 valence electrons. The molecule has 0 aliphatic heterocycles. The van der Waals surface area contributed by atoms with Crippen molar-refractivity contribution in [2.24, 2.45) is 5.73 Å². The van der Waals surface area contributed by atoms with Crippen molar-refractivity contribution in [1.82, 2.24) is 10.6 Å². The number of alkyl carbamates (subject to hydrolysis) is 1. The molecule has 0 aliphatic rings. The summed E-state index contributed by atoms with van der Waals surface area (Å²) in [5, 5.41) is 4.45. The highest BCUT2D eigenvalue weighted by Crippen LogP contribution is 2.15. The number of nitrogens with one attached hydrogen (secondary N) is 2. The van der Waals surface area contributed by atoms with E-state index in [1.807, 2.05) is 0 Å². The first-order valence-corrected chi connectivity index (χ1v) is 7.24. The van der Waals surface area contributed by atoms with E-state index in [9.17, 15) is 19.2 Å². The summed E-state index contributed by atoms with van der Waals surface area (Å²) in [7, 11) is 1.07. The number of nitrogens with two attached hydrogens (primary N) is 1. The highest BCUT2D eigenvalue weighted by atomic mass is 16.6. The van der Waals surface area contributed by atoms with Crippen LogP contribution in [0.4, 0.5) is 9.59 Å². The standard InChI is InChI=1S/C14H25N3O7/c1-6-23-9(18)7-14(10(19)22-5,17-11(15)20)8-16-12(21)24-13(2,3)4/h6-8H2,1-5H3,(H,16,21)(H3,15,17,20)/t14-/m0/s1. The molecule has 0 unspecified atom stereocenters. The molecule has 10 nitrogen and oxygen atoms in total. The Bertz CT molecular complexity index is 487. The minimum absolute atomic E-state index is 0.0755. The smallest absolute Gasteiger partial charge is 0.407 e. The first-order chi connectivity index (χ1) is 11.0. The number of urea groups is 1. The zero-order valence-electron chi connectivity index (χ0n) is 14.6. The molecular formula is C14H25N3O7. The Hall–Kier alpha value is -2.52. The van der Waals surface area contributed by atoms with Gasteiger partial charge in [0.1, 0.15) is 5.60 Å². The number of hydrogen-bond acceptors (Lipinski definition) is 7. The first kappa shape index (κ1) is 21.5. The van der Waals surface area contributed by atoms with E-state index in [0.717, 1.165) is 7.11 Å². The Balaban J connectivity index is 5.33. The van der Waals surface area contributed by atoms with Crippen LogP contribution in [0.5, 0.6) is 0 Å².